The molecule has 10 heteroatoms. The molecule has 43 heavy (non-hydrogen) atoms. The van der Waals surface area contributed by atoms with Crippen molar-refractivity contribution in [3.63, 3.8) is 0 Å². The lowest BCUT2D eigenvalue weighted by atomic mass is 9.57. The lowest BCUT2D eigenvalue weighted by molar-refractivity contribution is -0.126. The van der Waals surface area contributed by atoms with E-state index >= 15 is 0 Å². The summed E-state index contributed by atoms with van der Waals surface area (Å²) >= 11 is 12.1. The smallest absolute Gasteiger partial charge is 0.238 e. The molecule has 2 heterocycles. The number of methoxy groups -OCH3 is 1. The Bertz CT molecular complexity index is 1720. The molecule has 2 saturated heterocycles. The number of imide groups is 2. The molecule has 2 aliphatic heterocycles. The zero-order valence-electron chi connectivity index (χ0n) is 22.9. The molecule has 4 aliphatic rings. The van der Waals surface area contributed by atoms with Crippen molar-refractivity contribution in [2.45, 2.75) is 18.8 Å². The second kappa shape index (κ2) is 10.2. The van der Waals surface area contributed by atoms with Gasteiger partial charge in [-0.25, -0.2) is 0 Å². The number of carbonyl (C=O) groups excluding carboxylic acids is 4. The molecule has 0 bridgehead atoms. The molecule has 1 N–H and O–H groups in total. The van der Waals surface area contributed by atoms with Gasteiger partial charge in [0, 0.05) is 16.0 Å². The van der Waals surface area contributed by atoms with Gasteiger partial charge in [-0.2, -0.15) is 0 Å². The summed E-state index contributed by atoms with van der Waals surface area (Å²) in [5, 5.41) is 11.3. The summed E-state index contributed by atoms with van der Waals surface area (Å²) in [6.45, 7) is 0. The van der Waals surface area contributed by atoms with Gasteiger partial charge in [0.2, 0.25) is 23.6 Å². The molecule has 8 nitrogen and oxygen atoms in total. The molecule has 2 aliphatic carbocycles. The second-order valence-corrected chi connectivity index (χ2v) is 12.3. The van der Waals surface area contributed by atoms with Crippen LogP contribution in [0, 0.1) is 29.6 Å². The van der Waals surface area contributed by atoms with Crippen molar-refractivity contribution in [1.29, 1.82) is 0 Å². The first-order valence-corrected chi connectivity index (χ1v) is 14.8. The Labute approximate surface area is 257 Å². The van der Waals surface area contributed by atoms with Crippen molar-refractivity contribution >= 4 is 58.2 Å². The maximum Gasteiger partial charge on any atom is 0.238 e. The number of rotatable bonds is 4. The van der Waals surface area contributed by atoms with Crippen molar-refractivity contribution < 1.29 is 29.0 Å². The first-order chi connectivity index (χ1) is 20.7. The van der Waals surface area contributed by atoms with E-state index in [0.717, 1.165) is 5.57 Å². The van der Waals surface area contributed by atoms with Crippen molar-refractivity contribution in [1.82, 2.24) is 0 Å². The number of phenolic OH excluding ortho intramolecular Hbond substituents is 1. The van der Waals surface area contributed by atoms with E-state index in [0.29, 0.717) is 33.4 Å². The average molecular weight is 617 g/mol. The average Bonchev–Trinajstić information content (AvgIpc) is 3.41. The Morgan fingerprint density at radius 1 is 0.721 bits per heavy atom. The van der Waals surface area contributed by atoms with Crippen molar-refractivity contribution in [3.05, 3.63) is 94.0 Å². The normalized spacial score (nSPS) is 28.0. The topological polar surface area (TPSA) is 104 Å². The summed E-state index contributed by atoms with van der Waals surface area (Å²) in [7, 11) is 1.44. The zero-order valence-corrected chi connectivity index (χ0v) is 24.5. The summed E-state index contributed by atoms with van der Waals surface area (Å²) in [6.07, 6.45) is 2.56. The van der Waals surface area contributed by atoms with E-state index in [2.05, 4.69) is 0 Å². The van der Waals surface area contributed by atoms with E-state index in [-0.39, 0.29) is 41.5 Å². The van der Waals surface area contributed by atoms with E-state index in [1.165, 1.54) is 23.0 Å². The molecule has 0 aromatic heterocycles. The van der Waals surface area contributed by atoms with Gasteiger partial charge in [-0.15, -0.1) is 0 Å². The summed E-state index contributed by atoms with van der Waals surface area (Å²) < 4.78 is 5.39. The van der Waals surface area contributed by atoms with Crippen LogP contribution in [0.2, 0.25) is 10.0 Å². The van der Waals surface area contributed by atoms with E-state index < -0.39 is 35.5 Å². The number of nitrogens with zero attached hydrogens (tertiary/aromatic N) is 2. The minimum atomic E-state index is -0.740. The Hall–Kier alpha value is -4.14. The first-order valence-electron chi connectivity index (χ1n) is 14.0. The van der Waals surface area contributed by atoms with Crippen LogP contribution in [0.25, 0.3) is 0 Å². The SMILES string of the molecule is COc1cc(C2C3=CCC4C(=O)N(c5ccc(Cl)cc5)C(=O)C4C3CC3C(=O)N(c4ccc(Cl)cc4)C(=O)C32)ccc1O. The molecular weight excluding hydrogens is 591 g/mol. The maximum absolute atomic E-state index is 14.1. The van der Waals surface area contributed by atoms with Gasteiger partial charge in [-0.05, 0) is 85.0 Å². The highest BCUT2D eigenvalue weighted by Gasteiger charge is 2.62. The van der Waals surface area contributed by atoms with Crippen LogP contribution in [-0.2, 0) is 19.2 Å². The Morgan fingerprint density at radius 3 is 1.86 bits per heavy atom. The molecule has 3 aromatic rings. The molecule has 0 spiro atoms. The van der Waals surface area contributed by atoms with Crippen LogP contribution in [0.3, 0.4) is 0 Å². The van der Waals surface area contributed by atoms with Crippen LogP contribution >= 0.6 is 23.2 Å². The standard InChI is InChI=1S/C33H26Cl2N2O6/c1-43-26-14-16(2-13-25(26)38)27-21-11-12-22-28(32(41)36(30(22)39)19-7-3-17(34)4-8-19)23(21)15-24-29(27)33(42)37(31(24)40)20-9-5-18(35)6-10-20/h2-11,13-14,22-24,27-29,38H,12,15H2,1H3. The van der Waals surface area contributed by atoms with Crippen LogP contribution < -0.4 is 14.5 Å². The minimum Gasteiger partial charge on any atom is -0.504 e. The molecular formula is C33H26Cl2N2O6. The number of hydrogen-bond acceptors (Lipinski definition) is 6. The largest absolute Gasteiger partial charge is 0.504 e. The molecule has 1 saturated carbocycles. The fraction of sp³-hybridized carbons (Fsp3) is 0.273. The Balaban J connectivity index is 1.34. The number of fused-ring (bicyclic) bond motifs is 4. The second-order valence-electron chi connectivity index (χ2n) is 11.4. The summed E-state index contributed by atoms with van der Waals surface area (Å²) in [4.78, 5) is 58.3. The van der Waals surface area contributed by atoms with E-state index in [1.54, 1.807) is 60.7 Å². The monoisotopic (exact) mass is 616 g/mol. The third-order valence-electron chi connectivity index (χ3n) is 9.38. The Morgan fingerprint density at radius 2 is 1.28 bits per heavy atom. The fourth-order valence-electron chi connectivity index (χ4n) is 7.54. The van der Waals surface area contributed by atoms with Crippen molar-refractivity contribution in [3.8, 4) is 11.5 Å². The number of hydrogen-bond donors (Lipinski definition) is 1. The van der Waals surface area contributed by atoms with Gasteiger partial charge < -0.3 is 9.84 Å². The van der Waals surface area contributed by atoms with Gasteiger partial charge in [0.25, 0.3) is 0 Å². The molecule has 6 unspecified atom stereocenters. The number of halogens is 2. The lowest BCUT2D eigenvalue weighted by Gasteiger charge is -2.44. The van der Waals surface area contributed by atoms with Crippen molar-refractivity contribution in [2.75, 3.05) is 16.9 Å². The first kappa shape index (κ1) is 27.7. The number of phenols is 1. The predicted molar refractivity (Wildman–Crippen MR) is 160 cm³/mol. The van der Waals surface area contributed by atoms with Gasteiger partial charge >= 0.3 is 0 Å². The van der Waals surface area contributed by atoms with E-state index in [4.69, 9.17) is 27.9 Å². The molecule has 218 valence electrons. The summed E-state index contributed by atoms with van der Waals surface area (Å²) in [6, 6.07) is 18.0. The summed E-state index contributed by atoms with van der Waals surface area (Å²) in [5.41, 5.74) is 2.41. The third-order valence-corrected chi connectivity index (χ3v) is 9.88. The van der Waals surface area contributed by atoms with Gasteiger partial charge in [-0.3, -0.25) is 29.0 Å². The Kier molecular flexibility index (Phi) is 6.59. The molecule has 3 aromatic carbocycles. The van der Waals surface area contributed by atoms with Gasteiger partial charge in [-0.1, -0.05) is 40.9 Å². The molecule has 3 fully saturated rings. The number of benzene rings is 3. The number of amides is 4. The van der Waals surface area contributed by atoms with Crippen LogP contribution in [0.5, 0.6) is 11.5 Å². The lowest BCUT2D eigenvalue weighted by Crippen LogP contribution is -2.43. The van der Waals surface area contributed by atoms with Crippen molar-refractivity contribution in [2.24, 2.45) is 29.6 Å². The van der Waals surface area contributed by atoms with Crippen LogP contribution in [-0.4, -0.2) is 35.8 Å². The molecule has 0 radical (unpaired) electrons. The molecule has 4 amide bonds. The minimum absolute atomic E-state index is 0.0559. The van der Waals surface area contributed by atoms with Gasteiger partial charge in [0.15, 0.2) is 11.5 Å². The number of carbonyl (C=O) groups is 4. The quantitative estimate of drug-likeness (QED) is 0.295. The molecule has 6 atom stereocenters. The van der Waals surface area contributed by atoms with Crippen LogP contribution in [0.15, 0.2) is 78.4 Å². The van der Waals surface area contributed by atoms with Crippen LogP contribution in [0.1, 0.15) is 24.3 Å². The number of ether oxygens (including phenoxy) is 1. The highest BCUT2D eigenvalue weighted by atomic mass is 35.5. The van der Waals surface area contributed by atoms with E-state index in [1.807, 2.05) is 6.08 Å². The van der Waals surface area contributed by atoms with Crippen LogP contribution in [0.4, 0.5) is 11.4 Å². The van der Waals surface area contributed by atoms with Gasteiger partial charge in [0.05, 0.1) is 42.2 Å². The number of allylic oxidation sites excluding steroid dienone is 2. The highest BCUT2D eigenvalue weighted by Crippen LogP contribution is 2.58. The van der Waals surface area contributed by atoms with E-state index in [9.17, 15) is 24.3 Å². The zero-order chi connectivity index (χ0) is 30.2. The number of anilines is 2. The fourth-order valence-corrected chi connectivity index (χ4v) is 7.79. The predicted octanol–water partition coefficient (Wildman–Crippen LogP) is 5.75. The maximum atomic E-state index is 14.1. The van der Waals surface area contributed by atoms with Gasteiger partial charge in [0.1, 0.15) is 0 Å². The molecule has 7 rings (SSSR count). The third kappa shape index (κ3) is 4.18. The highest BCUT2D eigenvalue weighted by molar-refractivity contribution is 6.31. The summed E-state index contributed by atoms with van der Waals surface area (Å²) in [5.74, 6) is -4.85. The number of aromatic hydroxyl groups is 1.